The lowest BCUT2D eigenvalue weighted by molar-refractivity contribution is -0.383. The van der Waals surface area contributed by atoms with Crippen molar-refractivity contribution in [1.29, 1.82) is 0 Å². The monoisotopic (exact) mass is 943 g/mol. The Balaban J connectivity index is 1.52. The van der Waals surface area contributed by atoms with Crippen LogP contribution in [0.2, 0.25) is 0 Å². The van der Waals surface area contributed by atoms with Crippen LogP contribution >= 0.6 is 0 Å². The van der Waals surface area contributed by atoms with Gasteiger partial charge in [-0.25, -0.2) is 0 Å². The Kier molecular flexibility index (Phi) is 29.1. The topological polar surface area (TPSA) is 249 Å². The molecule has 0 aromatic carbocycles. The fraction of sp³-hybridized carbons (Fsp3) is 0.978. The molecule has 0 aliphatic carbocycles. The molecule has 384 valence electrons. The van der Waals surface area contributed by atoms with Crippen LogP contribution in [0, 0.1) is 0 Å². The Bertz CT molecular complexity index is 1220. The van der Waals surface area contributed by atoms with E-state index in [1.54, 1.807) is 13.8 Å². The average molecular weight is 943 g/mol. The van der Waals surface area contributed by atoms with Crippen molar-refractivity contribution in [2.75, 3.05) is 61.5 Å². The van der Waals surface area contributed by atoms with Gasteiger partial charge < -0.3 is 87.5 Å². The molecule has 17 atom stereocenters. The van der Waals surface area contributed by atoms with Crippen molar-refractivity contribution in [1.82, 2.24) is 0 Å². The van der Waals surface area contributed by atoms with Crippen LogP contribution in [0.25, 0.3) is 0 Å². The Morgan fingerprint density at radius 3 is 1.55 bits per heavy atom. The SMILES string of the molecule is CCCCCCCCCCCCCCCCCC(=O)OC(C)COC[C@@H]1O[C@@H](O[C@@H]2C(COC)O[C@@H](O[C@H]3C(O)C(O)[C@H](O)O[C@H]3COC)[C@@H](OCC(C)OC)C2O)C(OC)C(O)[C@@H]1O. The van der Waals surface area contributed by atoms with Crippen molar-refractivity contribution >= 4 is 5.97 Å². The molecule has 3 heterocycles. The lowest BCUT2D eigenvalue weighted by Crippen LogP contribution is -2.67. The predicted molar refractivity (Wildman–Crippen MR) is 235 cm³/mol. The maximum atomic E-state index is 12.6. The van der Waals surface area contributed by atoms with E-state index < -0.39 is 104 Å². The minimum Gasteiger partial charge on any atom is -0.460 e. The zero-order valence-corrected chi connectivity index (χ0v) is 40.2. The standard InChI is InChI=1S/C46H86O19/c1-8-9-10-11-12-13-14-15-16-17-18-19-20-21-22-23-34(47)60-30(3)24-58-28-31-35(48)36(49)42(57-7)45(62-31)65-41-33(27-55-5)63-46(43(39(41)52)59-25-29(2)56-6)64-40-32(26-54-4)61-44(53)38(51)37(40)50/h29-33,35-46,48-53H,8-28H2,1-7H3/t29?,30?,31-,32-,33?,35+,36?,37?,38?,39?,40+,41+,42?,43-,44+,45-,46-/m0/s1. The van der Waals surface area contributed by atoms with E-state index in [0.29, 0.717) is 6.42 Å². The molecule has 0 radical (unpaired) electrons. The van der Waals surface area contributed by atoms with Gasteiger partial charge >= 0.3 is 5.97 Å². The number of unbranched alkanes of at least 4 members (excludes halogenated alkanes) is 14. The Morgan fingerprint density at radius 2 is 1.02 bits per heavy atom. The molecule has 3 fully saturated rings. The fourth-order valence-corrected chi connectivity index (χ4v) is 8.37. The van der Waals surface area contributed by atoms with E-state index in [2.05, 4.69) is 6.92 Å². The van der Waals surface area contributed by atoms with Crippen LogP contribution in [-0.2, 0) is 61.6 Å². The number of carbonyl (C=O) groups excluding carboxylic acids is 1. The van der Waals surface area contributed by atoms with Crippen LogP contribution in [0.1, 0.15) is 124 Å². The Morgan fingerprint density at radius 1 is 0.523 bits per heavy atom. The largest absolute Gasteiger partial charge is 0.460 e. The summed E-state index contributed by atoms with van der Waals surface area (Å²) < 4.78 is 69.3. The highest BCUT2D eigenvalue weighted by molar-refractivity contribution is 5.69. The molecule has 0 spiro atoms. The van der Waals surface area contributed by atoms with Crippen LogP contribution in [0.4, 0.5) is 0 Å². The van der Waals surface area contributed by atoms with Crippen molar-refractivity contribution in [2.24, 2.45) is 0 Å². The molecule has 19 nitrogen and oxygen atoms in total. The van der Waals surface area contributed by atoms with Crippen molar-refractivity contribution in [3.63, 3.8) is 0 Å². The third kappa shape index (κ3) is 19.6. The summed E-state index contributed by atoms with van der Waals surface area (Å²) in [5.74, 6) is -0.309. The number of hydrogen-bond donors (Lipinski definition) is 6. The zero-order chi connectivity index (χ0) is 47.7. The van der Waals surface area contributed by atoms with E-state index in [0.717, 1.165) is 19.3 Å². The summed E-state index contributed by atoms with van der Waals surface area (Å²) in [5, 5.41) is 65.7. The normalized spacial score (nSPS) is 34.1. The Hall–Kier alpha value is -1.21. The van der Waals surface area contributed by atoms with Gasteiger partial charge in [0.05, 0.1) is 39.1 Å². The molecule has 65 heavy (non-hydrogen) atoms. The molecule has 0 aromatic heterocycles. The van der Waals surface area contributed by atoms with Crippen molar-refractivity contribution in [2.45, 2.75) is 228 Å². The van der Waals surface area contributed by atoms with Gasteiger partial charge in [0.2, 0.25) is 0 Å². The van der Waals surface area contributed by atoms with Gasteiger partial charge in [-0.2, -0.15) is 0 Å². The van der Waals surface area contributed by atoms with E-state index in [-0.39, 0.29) is 39.0 Å². The van der Waals surface area contributed by atoms with Gasteiger partial charge in [-0.1, -0.05) is 96.8 Å². The van der Waals surface area contributed by atoms with Gasteiger partial charge in [-0.15, -0.1) is 0 Å². The highest BCUT2D eigenvalue weighted by atomic mass is 16.8. The van der Waals surface area contributed by atoms with Gasteiger partial charge in [0.15, 0.2) is 18.9 Å². The van der Waals surface area contributed by atoms with Crippen LogP contribution in [0.5, 0.6) is 0 Å². The summed E-state index contributed by atoms with van der Waals surface area (Å²) in [6.45, 7) is 5.13. The van der Waals surface area contributed by atoms with E-state index in [4.69, 9.17) is 56.8 Å². The summed E-state index contributed by atoms with van der Waals surface area (Å²) in [6, 6.07) is 0. The number of hydrogen-bond acceptors (Lipinski definition) is 19. The molecule has 6 N–H and O–H groups in total. The second-order valence-corrected chi connectivity index (χ2v) is 17.8. The van der Waals surface area contributed by atoms with E-state index in [1.165, 1.54) is 105 Å². The lowest BCUT2D eigenvalue weighted by Gasteiger charge is -2.49. The molecule has 0 aromatic rings. The van der Waals surface area contributed by atoms with Crippen LogP contribution in [-0.4, -0.2) is 202 Å². The summed E-state index contributed by atoms with van der Waals surface area (Å²) in [6.07, 6.45) is -3.05. The number of aliphatic hydroxyl groups is 6. The van der Waals surface area contributed by atoms with E-state index >= 15 is 0 Å². The molecular weight excluding hydrogens is 856 g/mol. The van der Waals surface area contributed by atoms with Crippen LogP contribution < -0.4 is 0 Å². The second-order valence-electron chi connectivity index (χ2n) is 17.8. The number of methoxy groups -OCH3 is 4. The number of carbonyl (C=O) groups is 1. The van der Waals surface area contributed by atoms with Crippen molar-refractivity contribution in [3.8, 4) is 0 Å². The van der Waals surface area contributed by atoms with Gasteiger partial charge in [0.1, 0.15) is 79.4 Å². The molecule has 3 aliphatic heterocycles. The first kappa shape index (κ1) is 58.1. The minimum absolute atomic E-state index is 0.000142. The quantitative estimate of drug-likeness (QED) is 0.0401. The summed E-state index contributed by atoms with van der Waals surface area (Å²) in [5.41, 5.74) is 0. The molecular formula is C46H86O19. The summed E-state index contributed by atoms with van der Waals surface area (Å²) in [4.78, 5) is 12.6. The van der Waals surface area contributed by atoms with Crippen molar-refractivity contribution in [3.05, 3.63) is 0 Å². The van der Waals surface area contributed by atoms with Crippen LogP contribution in [0.3, 0.4) is 0 Å². The number of esters is 1. The lowest BCUT2D eigenvalue weighted by atomic mass is 9.95. The second kappa shape index (κ2) is 32.6. The Labute approximate surface area is 386 Å². The molecule has 0 saturated carbocycles. The third-order valence-corrected chi connectivity index (χ3v) is 12.3. The van der Waals surface area contributed by atoms with Crippen molar-refractivity contribution < 1.29 is 92.3 Å². The minimum atomic E-state index is -1.74. The van der Waals surface area contributed by atoms with E-state index in [1.807, 2.05) is 0 Å². The van der Waals surface area contributed by atoms with Gasteiger partial charge in [0, 0.05) is 34.9 Å². The van der Waals surface area contributed by atoms with E-state index in [9.17, 15) is 35.4 Å². The van der Waals surface area contributed by atoms with Gasteiger partial charge in [-0.05, 0) is 20.3 Å². The molecule has 3 aliphatic rings. The maximum absolute atomic E-state index is 12.6. The summed E-state index contributed by atoms with van der Waals surface area (Å²) >= 11 is 0. The molecule has 8 unspecified atom stereocenters. The highest BCUT2D eigenvalue weighted by Crippen LogP contribution is 2.34. The predicted octanol–water partition coefficient (Wildman–Crippen LogP) is 2.67. The number of rotatable bonds is 34. The number of ether oxygens (including phenoxy) is 12. The molecule has 3 saturated heterocycles. The highest BCUT2D eigenvalue weighted by Gasteiger charge is 2.54. The number of aliphatic hydroxyl groups excluding tert-OH is 6. The third-order valence-electron chi connectivity index (χ3n) is 12.3. The van der Waals surface area contributed by atoms with Gasteiger partial charge in [-0.3, -0.25) is 4.79 Å². The smallest absolute Gasteiger partial charge is 0.306 e. The first-order valence-electron chi connectivity index (χ1n) is 24.1. The molecule has 0 bridgehead atoms. The molecule has 3 rings (SSSR count). The van der Waals surface area contributed by atoms with Gasteiger partial charge in [0.25, 0.3) is 0 Å². The first-order valence-corrected chi connectivity index (χ1v) is 24.1. The zero-order valence-electron chi connectivity index (χ0n) is 40.2. The molecule has 0 amide bonds. The first-order chi connectivity index (χ1) is 31.3. The summed E-state index contributed by atoms with van der Waals surface area (Å²) in [7, 11) is 5.56. The molecule has 19 heteroatoms. The fourth-order valence-electron chi connectivity index (χ4n) is 8.37. The van der Waals surface area contributed by atoms with Crippen LogP contribution in [0.15, 0.2) is 0 Å². The average Bonchev–Trinajstić information content (AvgIpc) is 3.28. The maximum Gasteiger partial charge on any atom is 0.306 e.